The highest BCUT2D eigenvalue weighted by Gasteiger charge is 2.26. The highest BCUT2D eigenvalue weighted by Crippen LogP contribution is 2.46. The van der Waals surface area contributed by atoms with Gasteiger partial charge in [-0.25, -0.2) is 19.9 Å². The smallest absolute Gasteiger partial charge is 0.199 e. The molecule has 2 aromatic heterocycles. The summed E-state index contributed by atoms with van der Waals surface area (Å²) in [6.45, 7) is 0. The van der Waals surface area contributed by atoms with E-state index in [0.717, 1.165) is 21.9 Å². The lowest BCUT2D eigenvalue weighted by molar-refractivity contribution is 1.12. The monoisotopic (exact) mass is 331 g/mol. The predicted octanol–water partition coefficient (Wildman–Crippen LogP) is 2.84. The molecule has 0 amide bonds. The molecule has 1 aliphatic carbocycles. The Morgan fingerprint density at radius 2 is 1.27 bits per heavy atom. The van der Waals surface area contributed by atoms with Crippen LogP contribution in [0.1, 0.15) is 17.0 Å². The number of hydrogen-bond acceptors (Lipinski definition) is 7. The van der Waals surface area contributed by atoms with Gasteiger partial charge in [0.05, 0.1) is 23.0 Å². The van der Waals surface area contributed by atoms with E-state index in [1.165, 1.54) is 0 Å². The Labute approximate surface area is 146 Å². The number of hydrogen-bond donors (Lipinski definition) is 0. The van der Waals surface area contributed by atoms with E-state index in [0.29, 0.717) is 17.0 Å². The van der Waals surface area contributed by atoms with Gasteiger partial charge in [-0.3, -0.25) is 0 Å². The molecule has 0 N–H and O–H groups in total. The Kier molecular flexibility index (Phi) is 2.58. The Hall–Kier alpha value is -4.41. The number of aromatic nitrogens is 4. The summed E-state index contributed by atoms with van der Waals surface area (Å²) < 4.78 is 0. The molecule has 7 nitrogen and oxygen atoms in total. The third-order valence-electron chi connectivity index (χ3n) is 4.40. The number of rotatable bonds is 0. The molecule has 0 saturated heterocycles. The second-order valence-electron chi connectivity index (χ2n) is 5.71. The molecule has 26 heavy (non-hydrogen) atoms. The van der Waals surface area contributed by atoms with Crippen LogP contribution < -0.4 is 0 Å². The zero-order chi connectivity index (χ0) is 17.8. The van der Waals surface area contributed by atoms with Gasteiger partial charge in [0.2, 0.25) is 0 Å². The second kappa shape index (κ2) is 4.80. The fourth-order valence-electron chi connectivity index (χ4n) is 3.32. The lowest BCUT2D eigenvalue weighted by atomic mass is 10.00. The fraction of sp³-hybridized carbons (Fsp3) is 0. The molecule has 7 heteroatoms. The molecular formula is C19H5N7. The van der Waals surface area contributed by atoms with Crippen molar-refractivity contribution in [2.75, 3.05) is 0 Å². The van der Waals surface area contributed by atoms with Crippen molar-refractivity contribution in [3.8, 4) is 40.7 Å². The first-order valence-corrected chi connectivity index (χ1v) is 7.61. The lowest BCUT2D eigenvalue weighted by Crippen LogP contribution is -2.01. The summed E-state index contributed by atoms with van der Waals surface area (Å²) in [4.78, 5) is 17.4. The van der Waals surface area contributed by atoms with Crippen molar-refractivity contribution in [1.29, 1.82) is 15.8 Å². The van der Waals surface area contributed by atoms with Crippen LogP contribution in [0.5, 0.6) is 0 Å². The van der Waals surface area contributed by atoms with Crippen LogP contribution in [0.25, 0.3) is 44.6 Å². The molecule has 0 saturated carbocycles. The quantitative estimate of drug-likeness (QED) is 0.427. The third kappa shape index (κ3) is 1.62. The average Bonchev–Trinajstić information content (AvgIpc) is 3.00. The molecule has 0 radical (unpaired) electrons. The van der Waals surface area contributed by atoms with Crippen LogP contribution in [-0.2, 0) is 0 Å². The number of nitriles is 3. The molecule has 0 atom stereocenters. The summed E-state index contributed by atoms with van der Waals surface area (Å²) in [5.74, 6) is 0. The molecule has 0 spiro atoms. The Bertz CT molecular complexity index is 1350. The second-order valence-corrected chi connectivity index (χ2v) is 5.71. The molecule has 5 rings (SSSR count). The minimum atomic E-state index is -0.0743. The maximum Gasteiger partial charge on any atom is 0.199 e. The van der Waals surface area contributed by atoms with Crippen molar-refractivity contribution in [3.05, 3.63) is 47.3 Å². The fourth-order valence-corrected chi connectivity index (χ4v) is 3.32. The Morgan fingerprint density at radius 3 is 1.85 bits per heavy atom. The van der Waals surface area contributed by atoms with Gasteiger partial charge in [0.15, 0.2) is 22.7 Å². The molecule has 2 heterocycles. The first-order valence-electron chi connectivity index (χ1n) is 7.61. The van der Waals surface area contributed by atoms with E-state index in [4.69, 9.17) is 10.5 Å². The maximum absolute atomic E-state index is 9.36. The first-order chi connectivity index (χ1) is 12.7. The van der Waals surface area contributed by atoms with Gasteiger partial charge in [0.25, 0.3) is 0 Å². The highest BCUT2D eigenvalue weighted by molar-refractivity contribution is 6.15. The minimum Gasteiger partial charge on any atom is -0.223 e. The van der Waals surface area contributed by atoms with Gasteiger partial charge in [-0.1, -0.05) is 24.3 Å². The van der Waals surface area contributed by atoms with Gasteiger partial charge >= 0.3 is 0 Å². The zero-order valence-corrected chi connectivity index (χ0v) is 13.0. The predicted molar refractivity (Wildman–Crippen MR) is 91.2 cm³/mol. The highest BCUT2D eigenvalue weighted by atomic mass is 15.0. The maximum atomic E-state index is 9.36. The molecule has 0 aliphatic heterocycles. The van der Waals surface area contributed by atoms with E-state index in [1.807, 2.05) is 36.4 Å². The first kappa shape index (κ1) is 14.0. The molecule has 116 valence electrons. The van der Waals surface area contributed by atoms with Crippen molar-refractivity contribution in [1.82, 2.24) is 19.9 Å². The molecule has 0 unspecified atom stereocenters. The van der Waals surface area contributed by atoms with Crippen LogP contribution in [0.2, 0.25) is 0 Å². The van der Waals surface area contributed by atoms with Gasteiger partial charge in [-0.2, -0.15) is 15.8 Å². The summed E-state index contributed by atoms with van der Waals surface area (Å²) in [6.07, 6.45) is 0. The van der Waals surface area contributed by atoms with Crippen LogP contribution in [0.15, 0.2) is 30.3 Å². The molecule has 2 aromatic carbocycles. The summed E-state index contributed by atoms with van der Waals surface area (Å²) >= 11 is 0. The summed E-state index contributed by atoms with van der Waals surface area (Å²) in [5.41, 5.74) is 3.86. The van der Waals surface area contributed by atoms with Crippen LogP contribution in [0.3, 0.4) is 0 Å². The van der Waals surface area contributed by atoms with E-state index in [2.05, 4.69) is 26.0 Å². The van der Waals surface area contributed by atoms with Gasteiger partial charge in [-0.15, -0.1) is 0 Å². The summed E-state index contributed by atoms with van der Waals surface area (Å²) in [6, 6.07) is 15.2. The number of fused-ring (bicyclic) bond motifs is 4. The summed E-state index contributed by atoms with van der Waals surface area (Å²) in [7, 11) is 0. The standard InChI is InChI=1S/C19H5N7/c20-6-9-4-5-12-15-10(9)2-1-3-11(15)16-17(12)26-19-18(25-16)23-13(7-21)14(8-22)24-19/h1-5H. The normalized spacial score (nSPS) is 11.0. The van der Waals surface area contributed by atoms with E-state index in [1.54, 1.807) is 6.07 Å². The third-order valence-corrected chi connectivity index (χ3v) is 4.40. The number of nitrogens with zero attached hydrogens (tertiary/aromatic N) is 7. The van der Waals surface area contributed by atoms with Crippen molar-refractivity contribution in [3.63, 3.8) is 0 Å². The Morgan fingerprint density at radius 1 is 0.654 bits per heavy atom. The van der Waals surface area contributed by atoms with Crippen molar-refractivity contribution >= 4 is 22.1 Å². The van der Waals surface area contributed by atoms with Gasteiger partial charge in [0.1, 0.15) is 12.1 Å². The van der Waals surface area contributed by atoms with E-state index in [-0.39, 0.29) is 22.7 Å². The minimum absolute atomic E-state index is 0.0743. The molecular weight excluding hydrogens is 326 g/mol. The van der Waals surface area contributed by atoms with E-state index in [9.17, 15) is 5.26 Å². The van der Waals surface area contributed by atoms with Crippen LogP contribution >= 0.6 is 0 Å². The van der Waals surface area contributed by atoms with Crippen LogP contribution in [0.4, 0.5) is 0 Å². The van der Waals surface area contributed by atoms with Crippen molar-refractivity contribution in [2.24, 2.45) is 0 Å². The zero-order valence-electron chi connectivity index (χ0n) is 13.0. The lowest BCUT2D eigenvalue weighted by Gasteiger charge is -2.03. The summed E-state index contributed by atoms with van der Waals surface area (Å²) in [5, 5.41) is 29.4. The van der Waals surface area contributed by atoms with Gasteiger partial charge < -0.3 is 0 Å². The largest absolute Gasteiger partial charge is 0.223 e. The Balaban J connectivity index is 1.92. The molecule has 1 aliphatic rings. The van der Waals surface area contributed by atoms with E-state index >= 15 is 0 Å². The van der Waals surface area contributed by atoms with Crippen LogP contribution in [-0.4, -0.2) is 19.9 Å². The number of benzene rings is 2. The van der Waals surface area contributed by atoms with Crippen molar-refractivity contribution in [2.45, 2.75) is 0 Å². The van der Waals surface area contributed by atoms with Gasteiger partial charge in [-0.05, 0) is 6.07 Å². The van der Waals surface area contributed by atoms with Gasteiger partial charge in [0, 0.05) is 21.9 Å². The van der Waals surface area contributed by atoms with Crippen molar-refractivity contribution < 1.29 is 0 Å². The molecule has 0 fully saturated rings. The van der Waals surface area contributed by atoms with E-state index < -0.39 is 0 Å². The molecule has 4 aromatic rings. The molecule has 0 bridgehead atoms. The van der Waals surface area contributed by atoms with Crippen LogP contribution in [0, 0.1) is 34.0 Å². The topological polar surface area (TPSA) is 123 Å². The SMILES string of the molecule is N#Cc1nc2nc3c(nc2nc1C#N)-c1ccc(C#N)c2cccc-3c12. The average molecular weight is 331 g/mol.